The Labute approximate surface area is 153 Å². The molecule has 1 saturated heterocycles. The minimum Gasteiger partial charge on any atom is -0.314 e. The number of hydrogen-bond donors (Lipinski definition) is 1. The van der Waals surface area contributed by atoms with Crippen LogP contribution >= 0.6 is 28.3 Å². The van der Waals surface area contributed by atoms with E-state index in [9.17, 15) is 8.42 Å². The fourth-order valence-corrected chi connectivity index (χ4v) is 4.87. The molecule has 0 aromatic heterocycles. The molecule has 7 heteroatoms. The van der Waals surface area contributed by atoms with Crippen molar-refractivity contribution in [3.05, 3.63) is 28.2 Å². The minimum absolute atomic E-state index is 0. The van der Waals surface area contributed by atoms with Crippen LogP contribution in [0.1, 0.15) is 31.2 Å². The molecule has 1 aromatic rings. The molecule has 1 aliphatic heterocycles. The Morgan fingerprint density at radius 2 is 1.87 bits per heavy atom. The van der Waals surface area contributed by atoms with Crippen LogP contribution in [0.4, 0.5) is 0 Å². The average molecular weight is 424 g/mol. The molecule has 2 aliphatic rings. The largest absolute Gasteiger partial charge is 0.314 e. The van der Waals surface area contributed by atoms with Gasteiger partial charge in [-0.25, -0.2) is 8.42 Å². The number of sulfonamides is 1. The van der Waals surface area contributed by atoms with Crippen LogP contribution in [0.25, 0.3) is 0 Å². The van der Waals surface area contributed by atoms with E-state index in [1.165, 1.54) is 12.8 Å². The zero-order valence-electron chi connectivity index (χ0n) is 13.3. The van der Waals surface area contributed by atoms with Gasteiger partial charge in [0, 0.05) is 23.6 Å². The molecular formula is C16H24BrClN2O2S. The molecule has 1 saturated carbocycles. The van der Waals surface area contributed by atoms with E-state index < -0.39 is 10.0 Å². The van der Waals surface area contributed by atoms with Crippen molar-refractivity contribution in [3.8, 4) is 0 Å². The van der Waals surface area contributed by atoms with Gasteiger partial charge in [-0.15, -0.1) is 12.4 Å². The Morgan fingerprint density at radius 1 is 1.22 bits per heavy atom. The fraction of sp³-hybridized carbons (Fsp3) is 0.625. The Morgan fingerprint density at radius 3 is 2.43 bits per heavy atom. The highest BCUT2D eigenvalue weighted by atomic mass is 79.9. The maximum Gasteiger partial charge on any atom is 0.243 e. The molecule has 0 unspecified atom stereocenters. The highest BCUT2D eigenvalue weighted by molar-refractivity contribution is 9.10. The van der Waals surface area contributed by atoms with Crippen LogP contribution in [-0.4, -0.2) is 38.4 Å². The summed E-state index contributed by atoms with van der Waals surface area (Å²) in [7, 11) is -3.37. The highest BCUT2D eigenvalue weighted by Gasteiger charge is 2.30. The normalized spacial score (nSPS) is 20.3. The predicted octanol–water partition coefficient (Wildman–Crippen LogP) is 3.33. The molecule has 0 atom stereocenters. The van der Waals surface area contributed by atoms with Crippen LogP contribution in [0, 0.1) is 12.8 Å². The second kappa shape index (κ2) is 7.83. The third-order valence-corrected chi connectivity index (χ3v) is 7.38. The number of benzene rings is 1. The van der Waals surface area contributed by atoms with Crippen molar-refractivity contribution in [2.24, 2.45) is 5.92 Å². The van der Waals surface area contributed by atoms with Gasteiger partial charge in [0.25, 0.3) is 0 Å². The standard InChI is InChI=1S/C16H23BrN2O2S.ClH/c1-12-2-5-15(10-16(12)17)22(20,21)19-8-6-14(7-9-19)18-11-13-3-4-13;/h2,5,10,13-14,18H,3-4,6-9,11H2,1H3;1H. The van der Waals surface area contributed by atoms with Gasteiger partial charge in [0.1, 0.15) is 0 Å². The maximum atomic E-state index is 12.7. The SMILES string of the molecule is Cc1ccc(S(=O)(=O)N2CCC(NCC3CC3)CC2)cc1Br.Cl. The number of aryl methyl sites for hydroxylation is 1. The quantitative estimate of drug-likeness (QED) is 0.790. The zero-order valence-corrected chi connectivity index (χ0v) is 16.5. The number of rotatable bonds is 5. The van der Waals surface area contributed by atoms with Crippen molar-refractivity contribution in [1.82, 2.24) is 9.62 Å². The van der Waals surface area contributed by atoms with E-state index in [-0.39, 0.29) is 12.4 Å². The molecule has 0 bridgehead atoms. The van der Waals surface area contributed by atoms with E-state index in [4.69, 9.17) is 0 Å². The lowest BCUT2D eigenvalue weighted by atomic mass is 10.1. The summed E-state index contributed by atoms with van der Waals surface area (Å²) in [5.74, 6) is 0.867. The molecule has 1 N–H and O–H groups in total. The van der Waals surface area contributed by atoms with Gasteiger partial charge >= 0.3 is 0 Å². The van der Waals surface area contributed by atoms with E-state index in [1.807, 2.05) is 13.0 Å². The van der Waals surface area contributed by atoms with Crippen LogP contribution in [0.3, 0.4) is 0 Å². The third kappa shape index (κ3) is 4.69. The Bertz CT molecular complexity index is 641. The number of piperidine rings is 1. The van der Waals surface area contributed by atoms with Crippen molar-refractivity contribution >= 4 is 38.4 Å². The lowest BCUT2D eigenvalue weighted by molar-refractivity contribution is 0.288. The molecule has 1 heterocycles. The predicted molar refractivity (Wildman–Crippen MR) is 98.6 cm³/mol. The van der Waals surface area contributed by atoms with Gasteiger partial charge in [-0.05, 0) is 62.8 Å². The Balaban J connectivity index is 0.00000192. The first-order valence-electron chi connectivity index (χ1n) is 7.96. The van der Waals surface area contributed by atoms with Crippen molar-refractivity contribution in [2.75, 3.05) is 19.6 Å². The summed E-state index contributed by atoms with van der Waals surface area (Å²) in [4.78, 5) is 0.384. The van der Waals surface area contributed by atoms with Crippen molar-refractivity contribution in [1.29, 1.82) is 0 Å². The monoisotopic (exact) mass is 422 g/mol. The summed E-state index contributed by atoms with van der Waals surface area (Å²) in [6.07, 6.45) is 4.50. The highest BCUT2D eigenvalue weighted by Crippen LogP contribution is 2.29. The molecule has 1 aliphatic carbocycles. The maximum absolute atomic E-state index is 12.7. The summed E-state index contributed by atoms with van der Waals surface area (Å²) in [6.45, 7) is 4.27. The van der Waals surface area contributed by atoms with Gasteiger partial charge in [-0.2, -0.15) is 4.31 Å². The molecule has 3 rings (SSSR count). The second-order valence-corrected chi connectivity index (χ2v) is 9.23. The van der Waals surface area contributed by atoms with Gasteiger partial charge < -0.3 is 5.32 Å². The zero-order chi connectivity index (χ0) is 15.7. The number of nitrogens with one attached hydrogen (secondary N) is 1. The summed E-state index contributed by atoms with van der Waals surface area (Å²) in [5, 5.41) is 3.58. The molecule has 23 heavy (non-hydrogen) atoms. The van der Waals surface area contributed by atoms with Crippen LogP contribution in [0.2, 0.25) is 0 Å². The molecule has 1 aromatic carbocycles. The van der Waals surface area contributed by atoms with Crippen LogP contribution in [0.15, 0.2) is 27.6 Å². The van der Waals surface area contributed by atoms with Gasteiger partial charge in [0.15, 0.2) is 0 Å². The van der Waals surface area contributed by atoms with E-state index in [0.29, 0.717) is 24.0 Å². The first-order chi connectivity index (χ1) is 10.5. The summed E-state index contributed by atoms with van der Waals surface area (Å²) < 4.78 is 27.9. The second-order valence-electron chi connectivity index (χ2n) is 6.44. The molecule has 0 radical (unpaired) electrons. The molecule has 0 spiro atoms. The minimum atomic E-state index is -3.37. The Hall–Kier alpha value is -0.140. The summed E-state index contributed by atoms with van der Waals surface area (Å²) in [6, 6.07) is 5.73. The number of hydrogen-bond acceptors (Lipinski definition) is 3. The first-order valence-corrected chi connectivity index (χ1v) is 10.2. The van der Waals surface area contributed by atoms with E-state index in [0.717, 1.165) is 35.3 Å². The fourth-order valence-electron chi connectivity index (χ4n) is 2.84. The molecule has 0 amide bonds. The smallest absolute Gasteiger partial charge is 0.243 e. The van der Waals surface area contributed by atoms with Gasteiger partial charge in [-0.1, -0.05) is 22.0 Å². The first kappa shape index (κ1) is 19.2. The molecule has 130 valence electrons. The molecule has 2 fully saturated rings. The average Bonchev–Trinajstić information content (AvgIpc) is 3.32. The number of nitrogens with zero attached hydrogens (tertiary/aromatic N) is 1. The Kier molecular flexibility index (Phi) is 6.53. The summed E-state index contributed by atoms with van der Waals surface area (Å²) in [5.41, 5.74) is 1.04. The lowest BCUT2D eigenvalue weighted by Gasteiger charge is -2.31. The van der Waals surface area contributed by atoms with Crippen LogP contribution in [-0.2, 0) is 10.0 Å². The van der Waals surface area contributed by atoms with E-state index in [2.05, 4.69) is 21.2 Å². The molecular weight excluding hydrogens is 400 g/mol. The van der Waals surface area contributed by atoms with Crippen molar-refractivity contribution in [3.63, 3.8) is 0 Å². The van der Waals surface area contributed by atoms with E-state index in [1.54, 1.807) is 16.4 Å². The van der Waals surface area contributed by atoms with Crippen LogP contribution in [0.5, 0.6) is 0 Å². The number of halogens is 2. The van der Waals surface area contributed by atoms with Crippen molar-refractivity contribution < 1.29 is 8.42 Å². The van der Waals surface area contributed by atoms with Crippen molar-refractivity contribution in [2.45, 2.75) is 43.5 Å². The third-order valence-electron chi connectivity index (χ3n) is 4.63. The van der Waals surface area contributed by atoms with E-state index >= 15 is 0 Å². The molecule has 4 nitrogen and oxygen atoms in total. The van der Waals surface area contributed by atoms with Gasteiger partial charge in [0.05, 0.1) is 4.90 Å². The topological polar surface area (TPSA) is 49.4 Å². The summed E-state index contributed by atoms with van der Waals surface area (Å²) >= 11 is 3.42. The van der Waals surface area contributed by atoms with Gasteiger partial charge in [0.2, 0.25) is 10.0 Å². The lowest BCUT2D eigenvalue weighted by Crippen LogP contribution is -2.45. The van der Waals surface area contributed by atoms with Gasteiger partial charge in [-0.3, -0.25) is 0 Å². The van der Waals surface area contributed by atoms with Crippen LogP contribution < -0.4 is 5.32 Å².